The first-order valence-electron chi connectivity index (χ1n) is 9.99. The Hall–Kier alpha value is -3.67. The van der Waals surface area contributed by atoms with E-state index in [1.54, 1.807) is 31.3 Å². The molecule has 6 heteroatoms. The van der Waals surface area contributed by atoms with Crippen molar-refractivity contribution in [3.63, 3.8) is 0 Å². The molecule has 5 rings (SSSR count). The van der Waals surface area contributed by atoms with Crippen LogP contribution in [0.15, 0.2) is 63.9 Å². The third kappa shape index (κ3) is 3.01. The molecule has 1 amide bonds. The maximum atomic E-state index is 13.2. The van der Waals surface area contributed by atoms with Crippen LogP contribution in [0.1, 0.15) is 40.4 Å². The first-order valence-corrected chi connectivity index (χ1v) is 9.99. The summed E-state index contributed by atoms with van der Waals surface area (Å²) < 4.78 is 7.98. The maximum Gasteiger partial charge on any atom is 0.259 e. The second-order valence-electron chi connectivity index (χ2n) is 7.73. The molecule has 2 heterocycles. The minimum atomic E-state index is -0.318. The molecule has 1 saturated carbocycles. The van der Waals surface area contributed by atoms with Gasteiger partial charge in [-0.2, -0.15) is 5.10 Å². The van der Waals surface area contributed by atoms with Gasteiger partial charge in [0.15, 0.2) is 11.0 Å². The van der Waals surface area contributed by atoms with Crippen molar-refractivity contribution in [3.8, 4) is 11.3 Å². The highest BCUT2D eigenvalue weighted by molar-refractivity contribution is 6.11. The van der Waals surface area contributed by atoms with Crippen LogP contribution in [0.25, 0.3) is 22.3 Å². The van der Waals surface area contributed by atoms with Crippen LogP contribution in [0.3, 0.4) is 0 Å². The first-order chi connectivity index (χ1) is 14.5. The fraction of sp³-hybridized carbons (Fsp3) is 0.208. The fourth-order valence-electron chi connectivity index (χ4n) is 3.93. The lowest BCUT2D eigenvalue weighted by Gasteiger charge is -2.11. The quantitative estimate of drug-likeness (QED) is 0.543. The summed E-state index contributed by atoms with van der Waals surface area (Å²) in [6.07, 6.45) is 3.88. The summed E-state index contributed by atoms with van der Waals surface area (Å²) in [7, 11) is 1.88. The number of benzene rings is 2. The molecule has 2 aromatic carbocycles. The molecule has 0 radical (unpaired) electrons. The lowest BCUT2D eigenvalue weighted by molar-refractivity contribution is 0.102. The lowest BCUT2D eigenvalue weighted by Crippen LogP contribution is -2.15. The summed E-state index contributed by atoms with van der Waals surface area (Å²) >= 11 is 0. The number of carbonyl (C=O) groups excluding carboxylic acids is 1. The van der Waals surface area contributed by atoms with Crippen molar-refractivity contribution < 1.29 is 9.21 Å². The molecule has 0 unspecified atom stereocenters. The van der Waals surface area contributed by atoms with Crippen molar-refractivity contribution in [1.29, 1.82) is 0 Å². The largest absolute Gasteiger partial charge is 0.455 e. The minimum absolute atomic E-state index is 0.134. The number of fused-ring (bicyclic) bond motifs is 1. The summed E-state index contributed by atoms with van der Waals surface area (Å²) in [5.41, 5.74) is 3.55. The van der Waals surface area contributed by atoms with E-state index in [9.17, 15) is 9.59 Å². The van der Waals surface area contributed by atoms with Crippen LogP contribution in [0.4, 0.5) is 5.69 Å². The standard InChI is InChI=1S/C24H21N3O3/c1-14-21(28)17-9-6-10-18(23(17)30-22(14)16-7-4-3-5-8-16)24(29)26-19-13-25-27(2)20(19)15-11-12-15/h3-10,13,15H,11-12H2,1-2H3,(H,26,29). The van der Waals surface area contributed by atoms with Crippen molar-refractivity contribution in [2.75, 3.05) is 5.32 Å². The zero-order valence-electron chi connectivity index (χ0n) is 16.8. The van der Waals surface area contributed by atoms with Gasteiger partial charge < -0.3 is 9.73 Å². The Bertz CT molecular complexity index is 1330. The maximum absolute atomic E-state index is 13.2. The Morgan fingerprint density at radius 1 is 1.13 bits per heavy atom. The number of aromatic nitrogens is 2. The number of rotatable bonds is 4. The molecule has 1 N–H and O–H groups in total. The van der Waals surface area contributed by atoms with E-state index < -0.39 is 0 Å². The zero-order valence-corrected chi connectivity index (χ0v) is 16.8. The number of anilines is 1. The van der Waals surface area contributed by atoms with E-state index in [1.165, 1.54) is 0 Å². The summed E-state index contributed by atoms with van der Waals surface area (Å²) in [6.45, 7) is 1.75. The molecular weight excluding hydrogens is 378 g/mol. The van der Waals surface area contributed by atoms with E-state index in [4.69, 9.17) is 4.42 Å². The molecule has 1 fully saturated rings. The van der Waals surface area contributed by atoms with Crippen LogP contribution in [-0.4, -0.2) is 15.7 Å². The van der Waals surface area contributed by atoms with Gasteiger partial charge in [-0.25, -0.2) is 0 Å². The number of para-hydroxylation sites is 1. The number of aryl methyl sites for hydroxylation is 1. The van der Waals surface area contributed by atoms with Crippen molar-refractivity contribution in [2.45, 2.75) is 25.7 Å². The van der Waals surface area contributed by atoms with Gasteiger partial charge in [-0.3, -0.25) is 14.3 Å². The molecule has 2 aromatic heterocycles. The zero-order chi connectivity index (χ0) is 20.8. The Morgan fingerprint density at radius 2 is 1.90 bits per heavy atom. The normalized spacial score (nSPS) is 13.5. The predicted molar refractivity (Wildman–Crippen MR) is 116 cm³/mol. The third-order valence-corrected chi connectivity index (χ3v) is 5.62. The van der Waals surface area contributed by atoms with Gasteiger partial charge in [0.25, 0.3) is 5.91 Å². The number of hydrogen-bond donors (Lipinski definition) is 1. The summed E-state index contributed by atoms with van der Waals surface area (Å²) in [5, 5.41) is 7.66. The van der Waals surface area contributed by atoms with E-state index >= 15 is 0 Å². The molecule has 0 atom stereocenters. The fourth-order valence-corrected chi connectivity index (χ4v) is 3.93. The summed E-state index contributed by atoms with van der Waals surface area (Å²) in [5.74, 6) is 0.598. The SMILES string of the molecule is Cc1c(-c2ccccc2)oc2c(C(=O)Nc3cnn(C)c3C3CC3)cccc2c1=O. The number of nitrogens with zero attached hydrogens (tertiary/aromatic N) is 2. The van der Waals surface area contributed by atoms with E-state index in [-0.39, 0.29) is 11.3 Å². The van der Waals surface area contributed by atoms with Gasteiger partial charge in [0.1, 0.15) is 5.76 Å². The van der Waals surface area contributed by atoms with Gasteiger partial charge in [0, 0.05) is 24.1 Å². The molecule has 0 aliphatic heterocycles. The number of nitrogens with one attached hydrogen (secondary N) is 1. The van der Waals surface area contributed by atoms with E-state index in [1.807, 2.05) is 42.1 Å². The Morgan fingerprint density at radius 3 is 2.63 bits per heavy atom. The summed E-state index contributed by atoms with van der Waals surface area (Å²) in [6, 6.07) is 14.5. The van der Waals surface area contributed by atoms with Crippen molar-refractivity contribution in [1.82, 2.24) is 9.78 Å². The van der Waals surface area contributed by atoms with Gasteiger partial charge in [-0.05, 0) is 31.9 Å². The van der Waals surface area contributed by atoms with Gasteiger partial charge in [-0.1, -0.05) is 36.4 Å². The Kier molecular flexibility index (Phi) is 4.28. The second kappa shape index (κ2) is 6.99. The Labute approximate surface area is 173 Å². The van der Waals surface area contributed by atoms with Crippen LogP contribution < -0.4 is 10.7 Å². The van der Waals surface area contributed by atoms with Gasteiger partial charge in [0.2, 0.25) is 0 Å². The highest BCUT2D eigenvalue weighted by Crippen LogP contribution is 2.43. The number of hydrogen-bond acceptors (Lipinski definition) is 4. The van der Waals surface area contributed by atoms with E-state index in [0.717, 1.165) is 24.1 Å². The van der Waals surface area contributed by atoms with Crippen molar-refractivity contribution in [2.24, 2.45) is 7.05 Å². The van der Waals surface area contributed by atoms with Crippen LogP contribution in [0.2, 0.25) is 0 Å². The second-order valence-corrected chi connectivity index (χ2v) is 7.73. The van der Waals surface area contributed by atoms with Gasteiger partial charge >= 0.3 is 0 Å². The lowest BCUT2D eigenvalue weighted by atomic mass is 10.0. The summed E-state index contributed by atoms with van der Waals surface area (Å²) in [4.78, 5) is 26.2. The highest BCUT2D eigenvalue weighted by Gasteiger charge is 2.30. The average Bonchev–Trinajstić information content (AvgIpc) is 3.53. The smallest absolute Gasteiger partial charge is 0.259 e. The molecule has 1 aliphatic carbocycles. The molecule has 150 valence electrons. The van der Waals surface area contributed by atoms with E-state index in [2.05, 4.69) is 10.4 Å². The van der Waals surface area contributed by atoms with Crippen LogP contribution in [-0.2, 0) is 7.05 Å². The predicted octanol–water partition coefficient (Wildman–Crippen LogP) is 4.63. The molecule has 0 saturated heterocycles. The van der Waals surface area contributed by atoms with Crippen molar-refractivity contribution >= 4 is 22.6 Å². The van der Waals surface area contributed by atoms with Crippen molar-refractivity contribution in [3.05, 3.63) is 81.8 Å². The molecular formula is C24H21N3O3. The third-order valence-electron chi connectivity index (χ3n) is 5.62. The molecule has 1 aliphatic rings. The molecule has 6 nitrogen and oxygen atoms in total. The molecule has 30 heavy (non-hydrogen) atoms. The minimum Gasteiger partial charge on any atom is -0.455 e. The van der Waals surface area contributed by atoms with E-state index in [0.29, 0.717) is 39.5 Å². The van der Waals surface area contributed by atoms with Crippen LogP contribution in [0.5, 0.6) is 0 Å². The number of carbonyl (C=O) groups is 1. The molecule has 4 aromatic rings. The highest BCUT2D eigenvalue weighted by atomic mass is 16.3. The van der Waals surface area contributed by atoms with Crippen LogP contribution >= 0.6 is 0 Å². The number of amides is 1. The monoisotopic (exact) mass is 399 g/mol. The van der Waals surface area contributed by atoms with Crippen LogP contribution in [0, 0.1) is 6.92 Å². The van der Waals surface area contributed by atoms with Gasteiger partial charge in [0.05, 0.1) is 28.5 Å². The molecule has 0 bridgehead atoms. The average molecular weight is 399 g/mol. The molecule has 0 spiro atoms. The first kappa shape index (κ1) is 18.4. The van der Waals surface area contributed by atoms with Gasteiger partial charge in [-0.15, -0.1) is 0 Å². The Balaban J connectivity index is 1.62. The topological polar surface area (TPSA) is 77.1 Å².